The van der Waals surface area contributed by atoms with E-state index >= 15 is 0 Å². The Hall–Kier alpha value is -3.47. The SMILES string of the molecule is CC(C)(CCCCCNC(=O)CO)CN(CC(O)[C@H](Cc1ccccc1)NC(=O)OC1COC2OCCC12)S(=O)(=O)c1ccc2c(c1)OCO2. The number of fused-ring (bicyclic) bond motifs is 2. The first kappa shape index (κ1) is 37.8. The number of unbranched alkanes of at least 4 members (excludes halogenated alkanes) is 2. The predicted molar refractivity (Wildman–Crippen MR) is 181 cm³/mol. The van der Waals surface area contributed by atoms with Gasteiger partial charge in [0.1, 0.15) is 12.7 Å². The topological polar surface area (TPSA) is 182 Å². The van der Waals surface area contributed by atoms with Gasteiger partial charge in [-0.1, -0.05) is 57.0 Å². The molecule has 0 aromatic heterocycles. The van der Waals surface area contributed by atoms with Crippen LogP contribution in [0.1, 0.15) is 51.5 Å². The second-order valence-corrected chi connectivity index (χ2v) is 15.7. The summed E-state index contributed by atoms with van der Waals surface area (Å²) < 4.78 is 57.6. The van der Waals surface area contributed by atoms with Crippen molar-refractivity contribution in [2.24, 2.45) is 11.3 Å². The van der Waals surface area contributed by atoms with E-state index in [0.717, 1.165) is 18.4 Å². The van der Waals surface area contributed by atoms with E-state index in [-0.39, 0.29) is 43.7 Å². The normalized spacial score (nSPS) is 21.1. The van der Waals surface area contributed by atoms with E-state index in [1.807, 2.05) is 44.2 Å². The first-order valence-electron chi connectivity index (χ1n) is 17.1. The number of alkyl carbamates (subject to hydrolysis) is 1. The number of nitrogens with one attached hydrogen (secondary N) is 2. The van der Waals surface area contributed by atoms with Crippen molar-refractivity contribution in [3.05, 3.63) is 54.1 Å². The maximum Gasteiger partial charge on any atom is 0.407 e. The van der Waals surface area contributed by atoms with Gasteiger partial charge in [0.05, 0.1) is 36.2 Å². The number of hydrogen-bond donors (Lipinski definition) is 4. The van der Waals surface area contributed by atoms with Crippen LogP contribution in [0.4, 0.5) is 4.79 Å². The lowest BCUT2D eigenvalue weighted by Gasteiger charge is -2.35. The molecular weight excluding hydrogens is 670 g/mol. The summed E-state index contributed by atoms with van der Waals surface area (Å²) in [5, 5.41) is 26.1. The third kappa shape index (κ3) is 10.1. The Labute approximate surface area is 293 Å². The van der Waals surface area contributed by atoms with Gasteiger partial charge in [-0.2, -0.15) is 4.31 Å². The van der Waals surface area contributed by atoms with Crippen LogP contribution < -0.4 is 20.1 Å². The molecule has 4 unspecified atom stereocenters. The van der Waals surface area contributed by atoms with E-state index in [9.17, 15) is 23.1 Å². The summed E-state index contributed by atoms with van der Waals surface area (Å²) in [5.41, 5.74) is 0.326. The lowest BCUT2D eigenvalue weighted by atomic mass is 9.86. The van der Waals surface area contributed by atoms with Gasteiger partial charge in [-0.3, -0.25) is 4.79 Å². The Kier molecular flexibility index (Phi) is 13.0. The van der Waals surface area contributed by atoms with Gasteiger partial charge in [0.2, 0.25) is 22.7 Å². The molecule has 2 aromatic carbocycles. The Bertz CT molecular complexity index is 1540. The molecule has 276 valence electrons. The minimum Gasteiger partial charge on any atom is -0.454 e. The average Bonchev–Trinajstić information content (AvgIpc) is 3.85. The number of aliphatic hydroxyl groups excluding tert-OH is 2. The molecule has 2 amide bonds. The van der Waals surface area contributed by atoms with E-state index in [1.54, 1.807) is 6.07 Å². The summed E-state index contributed by atoms with van der Waals surface area (Å²) in [5.74, 6) is 0.268. The van der Waals surface area contributed by atoms with E-state index in [1.165, 1.54) is 16.4 Å². The highest BCUT2D eigenvalue weighted by Gasteiger charge is 2.44. The third-order valence-electron chi connectivity index (χ3n) is 9.28. The van der Waals surface area contributed by atoms with Crippen LogP contribution in [0.2, 0.25) is 0 Å². The zero-order valence-corrected chi connectivity index (χ0v) is 29.4. The quantitative estimate of drug-likeness (QED) is 0.166. The maximum absolute atomic E-state index is 14.3. The molecule has 50 heavy (non-hydrogen) atoms. The molecule has 2 saturated heterocycles. The highest BCUT2D eigenvalue weighted by molar-refractivity contribution is 7.89. The second kappa shape index (κ2) is 17.2. The fourth-order valence-electron chi connectivity index (χ4n) is 6.54. The van der Waals surface area contributed by atoms with Crippen LogP contribution in [0, 0.1) is 11.3 Å². The predicted octanol–water partition coefficient (Wildman–Crippen LogP) is 2.56. The molecular formula is C35H49N3O11S. The van der Waals surface area contributed by atoms with E-state index in [4.69, 9.17) is 28.8 Å². The van der Waals surface area contributed by atoms with Crippen LogP contribution >= 0.6 is 0 Å². The number of sulfonamides is 1. The zero-order valence-electron chi connectivity index (χ0n) is 28.6. The van der Waals surface area contributed by atoms with Crippen molar-refractivity contribution in [3.63, 3.8) is 0 Å². The number of hydrogen-bond acceptors (Lipinski definition) is 11. The van der Waals surface area contributed by atoms with Gasteiger partial charge < -0.3 is 44.5 Å². The van der Waals surface area contributed by atoms with E-state index in [2.05, 4.69) is 10.6 Å². The Morgan fingerprint density at radius 2 is 1.84 bits per heavy atom. The smallest absolute Gasteiger partial charge is 0.407 e. The van der Waals surface area contributed by atoms with Gasteiger partial charge in [-0.25, -0.2) is 13.2 Å². The van der Waals surface area contributed by atoms with Crippen LogP contribution in [0.5, 0.6) is 11.5 Å². The van der Waals surface area contributed by atoms with Crippen molar-refractivity contribution < 1.29 is 51.9 Å². The van der Waals surface area contributed by atoms with Crippen molar-refractivity contribution in [2.45, 2.75) is 81.8 Å². The second-order valence-electron chi connectivity index (χ2n) is 13.8. The van der Waals surface area contributed by atoms with Gasteiger partial charge >= 0.3 is 6.09 Å². The van der Waals surface area contributed by atoms with Gasteiger partial charge in [-0.15, -0.1) is 0 Å². The van der Waals surface area contributed by atoms with E-state index in [0.29, 0.717) is 43.9 Å². The molecule has 0 bridgehead atoms. The largest absolute Gasteiger partial charge is 0.454 e. The molecule has 3 aliphatic heterocycles. The molecule has 5 rings (SSSR count). The van der Waals surface area contributed by atoms with Crippen LogP contribution in [-0.4, -0.2) is 106 Å². The molecule has 2 aromatic rings. The van der Waals surface area contributed by atoms with Crippen LogP contribution in [-0.2, 0) is 35.4 Å². The van der Waals surface area contributed by atoms with Crippen molar-refractivity contribution in [3.8, 4) is 11.5 Å². The lowest BCUT2D eigenvalue weighted by molar-refractivity contribution is -0.123. The molecule has 3 aliphatic rings. The van der Waals surface area contributed by atoms with Crippen molar-refractivity contribution in [1.29, 1.82) is 0 Å². The van der Waals surface area contributed by atoms with Gasteiger partial charge in [-0.05, 0) is 48.8 Å². The number of benzene rings is 2. The molecule has 4 N–H and O–H groups in total. The number of nitrogens with zero attached hydrogens (tertiary/aromatic N) is 1. The van der Waals surface area contributed by atoms with Gasteiger partial charge in [0, 0.05) is 25.7 Å². The van der Waals surface area contributed by atoms with Gasteiger partial charge in [0.15, 0.2) is 17.8 Å². The van der Waals surface area contributed by atoms with Crippen molar-refractivity contribution >= 4 is 22.0 Å². The molecule has 2 fully saturated rings. The summed E-state index contributed by atoms with van der Waals surface area (Å²) in [4.78, 5) is 24.6. The molecule has 15 heteroatoms. The Morgan fingerprint density at radius 3 is 2.62 bits per heavy atom. The third-order valence-corrected chi connectivity index (χ3v) is 11.1. The summed E-state index contributed by atoms with van der Waals surface area (Å²) in [6.07, 6.45) is 0.925. The standard InChI is InChI=1S/C35H49N3O11S/c1-35(2,14-7-4-8-15-36-32(41)20-39)22-38(50(43,44)25-11-12-29-30(18-25)48-23-47-29)19-28(40)27(17-24-9-5-3-6-10-24)37-34(42)49-31-21-46-33-26(31)13-16-45-33/h3,5-6,9-12,18,26-28,31,33,39-40H,4,7-8,13-17,19-23H2,1-2H3,(H,36,41)(H,37,42)/t26?,27-,28?,31?,33?/m0/s1. The highest BCUT2D eigenvalue weighted by atomic mass is 32.2. The molecule has 5 atom stereocenters. The number of rotatable bonds is 18. The fraction of sp³-hybridized carbons (Fsp3) is 0.600. The summed E-state index contributed by atoms with van der Waals surface area (Å²) >= 11 is 0. The van der Waals surface area contributed by atoms with Crippen molar-refractivity contribution in [1.82, 2.24) is 14.9 Å². The average molecular weight is 720 g/mol. The summed E-state index contributed by atoms with van der Waals surface area (Å²) in [7, 11) is -4.17. The minimum atomic E-state index is -4.17. The number of aliphatic hydroxyl groups is 2. The monoisotopic (exact) mass is 719 g/mol. The van der Waals surface area contributed by atoms with Crippen molar-refractivity contribution in [2.75, 3.05) is 46.2 Å². The number of amides is 2. The fourth-order valence-corrected chi connectivity index (χ4v) is 8.20. The molecule has 0 saturated carbocycles. The van der Waals surface area contributed by atoms with Gasteiger partial charge in [0.25, 0.3) is 0 Å². The molecule has 14 nitrogen and oxygen atoms in total. The Balaban J connectivity index is 1.32. The summed E-state index contributed by atoms with van der Waals surface area (Å²) in [6, 6.07) is 12.8. The Morgan fingerprint density at radius 1 is 1.06 bits per heavy atom. The van der Waals surface area contributed by atoms with Crippen LogP contribution in [0.3, 0.4) is 0 Å². The van der Waals surface area contributed by atoms with E-state index < -0.39 is 58.6 Å². The number of carbonyl (C=O) groups excluding carboxylic acids is 2. The molecule has 0 spiro atoms. The lowest BCUT2D eigenvalue weighted by Crippen LogP contribution is -2.52. The molecule has 3 heterocycles. The number of ether oxygens (including phenoxy) is 5. The molecule has 0 radical (unpaired) electrons. The zero-order chi connectivity index (χ0) is 35.7. The maximum atomic E-state index is 14.3. The van der Waals surface area contributed by atoms with Crippen LogP contribution in [0.15, 0.2) is 53.4 Å². The first-order valence-corrected chi connectivity index (χ1v) is 18.6. The summed E-state index contributed by atoms with van der Waals surface area (Å²) in [6.45, 7) is 4.32. The number of carbonyl (C=O) groups is 2. The molecule has 0 aliphatic carbocycles. The minimum absolute atomic E-state index is 0.00840. The first-order chi connectivity index (χ1) is 23.9. The highest BCUT2D eigenvalue weighted by Crippen LogP contribution is 2.36. The van der Waals surface area contributed by atoms with Crippen LogP contribution in [0.25, 0.3) is 0 Å².